The Morgan fingerprint density at radius 1 is 1.45 bits per heavy atom. The van der Waals surface area contributed by atoms with E-state index in [0.29, 0.717) is 6.10 Å². The van der Waals surface area contributed by atoms with E-state index in [1.807, 2.05) is 7.11 Å². The second-order valence-corrected chi connectivity index (χ2v) is 6.30. The first-order valence-electron chi connectivity index (χ1n) is 7.46. The van der Waals surface area contributed by atoms with E-state index >= 15 is 0 Å². The van der Waals surface area contributed by atoms with Gasteiger partial charge >= 0.3 is 0 Å². The average molecular weight is 341 g/mol. The van der Waals surface area contributed by atoms with Crippen LogP contribution in [0.5, 0.6) is 0 Å². The summed E-state index contributed by atoms with van der Waals surface area (Å²) in [7, 11) is 1.82. The van der Waals surface area contributed by atoms with Crippen molar-refractivity contribution in [3.8, 4) is 0 Å². The number of methoxy groups -OCH3 is 1. The molecule has 1 saturated heterocycles. The number of likely N-dealkylation sites (tertiary alicyclic amines) is 1. The second kappa shape index (κ2) is 8.13. The number of benzene rings is 1. The topological polar surface area (TPSA) is 24.5 Å². The fraction of sp³-hybridized carbons (Fsp3) is 0.625. The van der Waals surface area contributed by atoms with E-state index in [0.717, 1.165) is 26.2 Å². The summed E-state index contributed by atoms with van der Waals surface area (Å²) in [4.78, 5) is 2.49. The number of rotatable bonds is 6. The molecule has 0 aliphatic carbocycles. The molecule has 20 heavy (non-hydrogen) atoms. The maximum Gasteiger partial charge on any atom is 0.0698 e. The second-order valence-electron chi connectivity index (χ2n) is 5.44. The molecule has 0 saturated carbocycles. The molecule has 0 bridgehead atoms. The van der Waals surface area contributed by atoms with Crippen LogP contribution in [0, 0.1) is 0 Å². The molecule has 112 valence electrons. The molecule has 1 N–H and O–H groups in total. The van der Waals surface area contributed by atoms with Crippen molar-refractivity contribution in [1.29, 1.82) is 0 Å². The smallest absolute Gasteiger partial charge is 0.0698 e. The third kappa shape index (κ3) is 4.55. The summed E-state index contributed by atoms with van der Waals surface area (Å²) in [5.74, 6) is 0. The van der Waals surface area contributed by atoms with Crippen LogP contribution in [0.4, 0.5) is 0 Å². The molecule has 1 aromatic rings. The summed E-state index contributed by atoms with van der Waals surface area (Å²) < 4.78 is 6.71. The Hall–Kier alpha value is -0.420. The van der Waals surface area contributed by atoms with Gasteiger partial charge in [0.05, 0.1) is 6.10 Å². The molecular formula is C16H25BrN2O. The van der Waals surface area contributed by atoms with E-state index in [9.17, 15) is 0 Å². The van der Waals surface area contributed by atoms with E-state index < -0.39 is 0 Å². The minimum absolute atomic E-state index is 0.399. The van der Waals surface area contributed by atoms with Crippen molar-refractivity contribution in [2.45, 2.75) is 39.0 Å². The van der Waals surface area contributed by atoms with Gasteiger partial charge in [-0.25, -0.2) is 0 Å². The predicted octanol–water partition coefficient (Wildman–Crippen LogP) is 3.17. The molecule has 1 aromatic carbocycles. The van der Waals surface area contributed by atoms with Gasteiger partial charge in [-0.05, 0) is 43.1 Å². The first-order valence-corrected chi connectivity index (χ1v) is 8.25. The molecule has 4 heteroatoms. The number of nitrogens with one attached hydrogen (secondary N) is 1. The van der Waals surface area contributed by atoms with Gasteiger partial charge in [0.25, 0.3) is 0 Å². The molecule has 1 aliphatic heterocycles. The largest absolute Gasteiger partial charge is 0.380 e. The number of hydrogen-bond donors (Lipinski definition) is 1. The number of piperidine rings is 1. The Bertz CT molecular complexity index is 425. The average Bonchev–Trinajstić information content (AvgIpc) is 2.48. The molecule has 1 atom stereocenters. The van der Waals surface area contributed by atoms with E-state index in [1.54, 1.807) is 0 Å². The molecule has 0 amide bonds. The summed E-state index contributed by atoms with van der Waals surface area (Å²) in [5.41, 5.74) is 2.69. The van der Waals surface area contributed by atoms with Crippen molar-refractivity contribution >= 4 is 15.9 Å². The van der Waals surface area contributed by atoms with Crippen LogP contribution >= 0.6 is 15.9 Å². The molecule has 1 fully saturated rings. The lowest BCUT2D eigenvalue weighted by Crippen LogP contribution is -2.38. The third-order valence-corrected chi connectivity index (χ3v) is 4.62. The first kappa shape index (κ1) is 16.0. The van der Waals surface area contributed by atoms with Crippen LogP contribution in [0.15, 0.2) is 22.7 Å². The zero-order valence-electron chi connectivity index (χ0n) is 12.5. The van der Waals surface area contributed by atoms with Crippen LogP contribution in [-0.4, -0.2) is 37.7 Å². The molecule has 0 spiro atoms. The summed E-state index contributed by atoms with van der Waals surface area (Å²) >= 11 is 3.71. The van der Waals surface area contributed by atoms with Gasteiger partial charge in [-0.1, -0.05) is 35.0 Å². The van der Waals surface area contributed by atoms with Gasteiger partial charge in [0.2, 0.25) is 0 Å². The van der Waals surface area contributed by atoms with Crippen LogP contribution in [0.2, 0.25) is 0 Å². The van der Waals surface area contributed by atoms with Gasteiger partial charge in [-0.2, -0.15) is 0 Å². The standard InChI is InChI=1S/C16H25BrN2O/c1-3-18-10-13-6-7-14(16(17)9-13)11-19-8-4-5-15(12-19)20-2/h6-7,9,15,18H,3-5,8,10-12H2,1-2H3. The van der Waals surface area contributed by atoms with Crippen LogP contribution < -0.4 is 5.32 Å². The van der Waals surface area contributed by atoms with Crippen LogP contribution in [0.3, 0.4) is 0 Å². The highest BCUT2D eigenvalue weighted by atomic mass is 79.9. The molecule has 1 heterocycles. The van der Waals surface area contributed by atoms with Gasteiger partial charge < -0.3 is 10.1 Å². The van der Waals surface area contributed by atoms with Gasteiger partial charge in [0, 0.05) is 31.2 Å². The lowest BCUT2D eigenvalue weighted by atomic mass is 10.1. The number of hydrogen-bond acceptors (Lipinski definition) is 3. The van der Waals surface area contributed by atoms with E-state index in [-0.39, 0.29) is 0 Å². The maximum atomic E-state index is 5.49. The Morgan fingerprint density at radius 2 is 2.30 bits per heavy atom. The van der Waals surface area contributed by atoms with Crippen LogP contribution in [0.25, 0.3) is 0 Å². The van der Waals surface area contributed by atoms with Gasteiger partial charge in [-0.15, -0.1) is 0 Å². The van der Waals surface area contributed by atoms with Crippen molar-refractivity contribution in [3.05, 3.63) is 33.8 Å². The molecular weight excluding hydrogens is 316 g/mol. The quantitative estimate of drug-likeness (QED) is 0.860. The minimum Gasteiger partial charge on any atom is -0.380 e. The van der Waals surface area contributed by atoms with E-state index in [1.165, 1.54) is 35.0 Å². The summed E-state index contributed by atoms with van der Waals surface area (Å²) in [6.07, 6.45) is 2.82. The van der Waals surface area contributed by atoms with Crippen LogP contribution in [-0.2, 0) is 17.8 Å². The normalized spacial score (nSPS) is 20.2. The summed E-state index contributed by atoms with van der Waals surface area (Å²) in [6, 6.07) is 6.70. The minimum atomic E-state index is 0.399. The lowest BCUT2D eigenvalue weighted by molar-refractivity contribution is 0.0285. The summed E-state index contributed by atoms with van der Waals surface area (Å²) in [5, 5.41) is 3.36. The fourth-order valence-corrected chi connectivity index (χ4v) is 3.24. The molecule has 2 rings (SSSR count). The number of halogens is 1. The highest BCUT2D eigenvalue weighted by molar-refractivity contribution is 9.10. The van der Waals surface area contributed by atoms with Gasteiger partial charge in [-0.3, -0.25) is 4.90 Å². The zero-order valence-corrected chi connectivity index (χ0v) is 14.1. The highest BCUT2D eigenvalue weighted by Crippen LogP contribution is 2.22. The van der Waals surface area contributed by atoms with Crippen molar-refractivity contribution in [1.82, 2.24) is 10.2 Å². The Balaban J connectivity index is 1.95. The monoisotopic (exact) mass is 340 g/mol. The van der Waals surface area contributed by atoms with E-state index in [4.69, 9.17) is 4.74 Å². The van der Waals surface area contributed by atoms with Crippen molar-refractivity contribution in [3.63, 3.8) is 0 Å². The number of nitrogens with zero attached hydrogens (tertiary/aromatic N) is 1. The number of ether oxygens (including phenoxy) is 1. The van der Waals surface area contributed by atoms with Crippen molar-refractivity contribution < 1.29 is 4.74 Å². The van der Waals surface area contributed by atoms with Crippen LogP contribution in [0.1, 0.15) is 30.9 Å². The maximum absolute atomic E-state index is 5.49. The SMILES string of the molecule is CCNCc1ccc(CN2CCCC(OC)C2)c(Br)c1. The predicted molar refractivity (Wildman–Crippen MR) is 86.8 cm³/mol. The zero-order chi connectivity index (χ0) is 14.4. The van der Waals surface area contributed by atoms with Gasteiger partial charge in [0.15, 0.2) is 0 Å². The highest BCUT2D eigenvalue weighted by Gasteiger charge is 2.19. The Morgan fingerprint density at radius 3 is 3.00 bits per heavy atom. The lowest BCUT2D eigenvalue weighted by Gasteiger charge is -2.32. The van der Waals surface area contributed by atoms with Gasteiger partial charge in [0.1, 0.15) is 0 Å². The third-order valence-electron chi connectivity index (χ3n) is 3.89. The molecule has 1 aliphatic rings. The van der Waals surface area contributed by atoms with E-state index in [2.05, 4.69) is 51.3 Å². The van der Waals surface area contributed by atoms with Crippen molar-refractivity contribution in [2.75, 3.05) is 26.7 Å². The molecule has 0 aromatic heterocycles. The molecule has 0 radical (unpaired) electrons. The first-order chi connectivity index (χ1) is 9.72. The fourth-order valence-electron chi connectivity index (χ4n) is 2.69. The van der Waals surface area contributed by atoms with Crippen molar-refractivity contribution in [2.24, 2.45) is 0 Å². The Kier molecular flexibility index (Phi) is 6.49. The Labute approximate surface area is 130 Å². The molecule has 1 unspecified atom stereocenters. The summed E-state index contributed by atoms with van der Waals surface area (Å²) in [6.45, 7) is 7.29. The molecule has 3 nitrogen and oxygen atoms in total.